The molecule has 1 saturated heterocycles. The molecule has 0 amide bonds. The predicted molar refractivity (Wildman–Crippen MR) is 133 cm³/mol. The fraction of sp³-hybridized carbons (Fsp3) is 0.615. The third-order valence-corrected chi connectivity index (χ3v) is 6.97. The maximum atomic E-state index is 14.7. The van der Waals surface area contributed by atoms with E-state index in [9.17, 15) is 9.65 Å². The third kappa shape index (κ3) is 6.87. The number of nitrogens with zero attached hydrogens (tertiary/aromatic N) is 4. The molecule has 2 fully saturated rings. The summed E-state index contributed by atoms with van der Waals surface area (Å²) in [5, 5.41) is 16.7. The average molecular weight is 499 g/mol. The van der Waals surface area contributed by atoms with Crippen LogP contribution < -0.4 is 15.4 Å². The van der Waals surface area contributed by atoms with Crippen molar-refractivity contribution in [2.24, 2.45) is 5.41 Å². The van der Waals surface area contributed by atoms with Crippen molar-refractivity contribution < 1.29 is 18.6 Å². The molecule has 1 saturated carbocycles. The van der Waals surface area contributed by atoms with Crippen LogP contribution in [-0.2, 0) is 9.47 Å². The van der Waals surface area contributed by atoms with Crippen LogP contribution in [0.4, 0.5) is 10.2 Å². The average Bonchev–Trinajstić information content (AvgIpc) is 2.90. The molecule has 2 N–H and O–H groups in total. The number of aromatic nitrogens is 3. The highest BCUT2D eigenvalue weighted by atomic mass is 19.1. The van der Waals surface area contributed by atoms with Crippen molar-refractivity contribution in [1.82, 2.24) is 20.3 Å². The summed E-state index contributed by atoms with van der Waals surface area (Å²) in [5.41, 5.74) is 0.129. The number of ether oxygens (including phenoxy) is 3. The number of rotatable bonds is 10. The molecule has 2 aromatic rings. The fourth-order valence-corrected chi connectivity index (χ4v) is 4.86. The number of halogens is 1. The molecule has 3 heterocycles. The summed E-state index contributed by atoms with van der Waals surface area (Å²) in [4.78, 5) is 12.7. The second-order valence-corrected chi connectivity index (χ2v) is 9.80. The lowest BCUT2D eigenvalue weighted by Crippen LogP contribution is -2.42. The fourth-order valence-electron chi connectivity index (χ4n) is 4.86. The Labute approximate surface area is 211 Å². The van der Waals surface area contributed by atoms with E-state index in [4.69, 9.17) is 14.2 Å². The van der Waals surface area contributed by atoms with Gasteiger partial charge in [-0.05, 0) is 51.5 Å². The van der Waals surface area contributed by atoms with Gasteiger partial charge in [-0.1, -0.05) is 0 Å². The topological polar surface area (TPSA) is 114 Å². The van der Waals surface area contributed by atoms with Crippen molar-refractivity contribution in [2.45, 2.75) is 63.6 Å². The molecule has 4 rings (SSSR count). The SMILES string of the molecule is COC[C@@H](C)NC1CCC(Nc2cc(-c3cc(OCC4(C#N)CCOCC4)ncn3)c(F)cn2)CC1. The van der Waals surface area contributed by atoms with Gasteiger partial charge in [0.15, 0.2) is 5.82 Å². The van der Waals surface area contributed by atoms with Crippen molar-refractivity contribution >= 4 is 5.82 Å². The summed E-state index contributed by atoms with van der Waals surface area (Å²) in [6, 6.07) is 6.74. The van der Waals surface area contributed by atoms with E-state index in [1.165, 1.54) is 12.5 Å². The lowest BCUT2D eigenvalue weighted by atomic mass is 9.83. The highest BCUT2D eigenvalue weighted by molar-refractivity contribution is 5.64. The first-order valence-corrected chi connectivity index (χ1v) is 12.6. The Hall–Kier alpha value is -2.87. The Balaban J connectivity index is 1.37. The Morgan fingerprint density at radius 2 is 1.92 bits per heavy atom. The molecular weight excluding hydrogens is 463 g/mol. The highest BCUT2D eigenvalue weighted by Crippen LogP contribution is 2.31. The molecule has 0 radical (unpaired) electrons. The number of anilines is 1. The van der Waals surface area contributed by atoms with Gasteiger partial charge < -0.3 is 24.8 Å². The summed E-state index contributed by atoms with van der Waals surface area (Å²) in [5.74, 6) is 0.450. The van der Waals surface area contributed by atoms with Gasteiger partial charge in [0.05, 0.1) is 30.0 Å². The van der Waals surface area contributed by atoms with E-state index >= 15 is 0 Å². The van der Waals surface area contributed by atoms with E-state index in [1.54, 1.807) is 19.2 Å². The minimum Gasteiger partial charge on any atom is -0.476 e. The number of hydrogen-bond donors (Lipinski definition) is 2. The van der Waals surface area contributed by atoms with Gasteiger partial charge in [-0.25, -0.2) is 19.3 Å². The zero-order chi connectivity index (χ0) is 25.4. The minimum atomic E-state index is -0.598. The molecular formula is C26H35FN6O3. The smallest absolute Gasteiger partial charge is 0.216 e. The minimum absolute atomic E-state index is 0.205. The maximum Gasteiger partial charge on any atom is 0.216 e. The molecule has 0 spiro atoms. The van der Waals surface area contributed by atoms with E-state index < -0.39 is 11.2 Å². The van der Waals surface area contributed by atoms with Crippen molar-refractivity contribution in [2.75, 3.05) is 38.9 Å². The van der Waals surface area contributed by atoms with Crippen molar-refractivity contribution in [3.8, 4) is 23.2 Å². The standard InChI is InChI=1S/C26H35FN6O3/c1-18(14-34-2)32-19-3-5-20(6-4-19)33-24-11-21(22(27)13-29-24)23-12-25(31-17-30-23)36-16-26(15-28)7-9-35-10-8-26/h11-13,17-20,32H,3-10,14,16H2,1-2H3,(H,29,33)/t18-,19?,20?/m1/s1. The van der Waals surface area contributed by atoms with Crippen LogP contribution in [-0.4, -0.2) is 66.6 Å². The van der Waals surface area contributed by atoms with Crippen LogP contribution in [0.1, 0.15) is 45.4 Å². The molecule has 10 heteroatoms. The number of nitriles is 1. The zero-order valence-corrected chi connectivity index (χ0v) is 21.0. The molecule has 2 aliphatic rings. The van der Waals surface area contributed by atoms with Crippen molar-refractivity contribution in [3.63, 3.8) is 0 Å². The number of methoxy groups -OCH3 is 1. The summed E-state index contributed by atoms with van der Waals surface area (Å²) >= 11 is 0. The number of pyridine rings is 1. The van der Waals surface area contributed by atoms with E-state index in [0.717, 1.165) is 25.7 Å². The first-order chi connectivity index (χ1) is 17.5. The van der Waals surface area contributed by atoms with Crippen LogP contribution in [0.2, 0.25) is 0 Å². The zero-order valence-electron chi connectivity index (χ0n) is 21.0. The Kier molecular flexibility index (Phi) is 9.02. The van der Waals surface area contributed by atoms with E-state index in [-0.39, 0.29) is 12.6 Å². The lowest BCUT2D eigenvalue weighted by Gasteiger charge is -2.31. The summed E-state index contributed by atoms with van der Waals surface area (Å²) < 4.78 is 31.2. The van der Waals surface area contributed by atoms with E-state index in [0.29, 0.717) is 67.7 Å². The number of hydrogen-bond acceptors (Lipinski definition) is 9. The van der Waals surface area contributed by atoms with Gasteiger partial charge in [0.2, 0.25) is 5.88 Å². The molecule has 1 aliphatic carbocycles. The van der Waals surface area contributed by atoms with Gasteiger partial charge in [-0.2, -0.15) is 5.26 Å². The highest BCUT2D eigenvalue weighted by Gasteiger charge is 2.34. The Morgan fingerprint density at radius 1 is 1.17 bits per heavy atom. The maximum absolute atomic E-state index is 14.7. The summed E-state index contributed by atoms with van der Waals surface area (Å²) in [6.45, 7) is 4.11. The monoisotopic (exact) mass is 498 g/mol. The van der Waals surface area contributed by atoms with Gasteiger partial charge in [0.1, 0.15) is 18.8 Å². The van der Waals surface area contributed by atoms with Crippen LogP contribution >= 0.6 is 0 Å². The quantitative estimate of drug-likeness (QED) is 0.506. The van der Waals surface area contributed by atoms with E-state index in [1.807, 2.05) is 0 Å². The van der Waals surface area contributed by atoms with Crippen molar-refractivity contribution in [1.29, 1.82) is 5.26 Å². The lowest BCUT2D eigenvalue weighted by molar-refractivity contribution is 0.0183. The molecule has 0 unspecified atom stereocenters. The molecule has 36 heavy (non-hydrogen) atoms. The molecule has 2 aromatic heterocycles. The van der Waals surface area contributed by atoms with Crippen LogP contribution in [0.3, 0.4) is 0 Å². The van der Waals surface area contributed by atoms with Crippen LogP contribution in [0.15, 0.2) is 24.7 Å². The molecule has 0 bridgehead atoms. The first-order valence-electron chi connectivity index (χ1n) is 12.6. The largest absolute Gasteiger partial charge is 0.476 e. The molecule has 194 valence electrons. The van der Waals surface area contributed by atoms with E-state index in [2.05, 4.69) is 38.6 Å². The molecule has 0 aromatic carbocycles. The first kappa shape index (κ1) is 26.2. The van der Waals surface area contributed by atoms with Crippen LogP contribution in [0.25, 0.3) is 11.3 Å². The van der Waals surface area contributed by atoms with Crippen molar-refractivity contribution in [3.05, 3.63) is 30.5 Å². The van der Waals surface area contributed by atoms with Crippen LogP contribution in [0, 0.1) is 22.6 Å². The van der Waals surface area contributed by atoms with Gasteiger partial charge in [0, 0.05) is 50.1 Å². The van der Waals surface area contributed by atoms with Crippen LogP contribution in [0.5, 0.6) is 5.88 Å². The summed E-state index contributed by atoms with van der Waals surface area (Å²) in [7, 11) is 1.72. The third-order valence-electron chi connectivity index (χ3n) is 6.97. The normalized spacial score (nSPS) is 22.4. The molecule has 1 atom stereocenters. The molecule has 1 aliphatic heterocycles. The van der Waals surface area contributed by atoms with Gasteiger partial charge >= 0.3 is 0 Å². The van der Waals surface area contributed by atoms with Gasteiger partial charge in [0.25, 0.3) is 0 Å². The van der Waals surface area contributed by atoms with Gasteiger partial charge in [-0.3, -0.25) is 0 Å². The van der Waals surface area contributed by atoms with Gasteiger partial charge in [-0.15, -0.1) is 0 Å². The Morgan fingerprint density at radius 3 is 2.64 bits per heavy atom. The molecule has 9 nitrogen and oxygen atoms in total. The predicted octanol–water partition coefficient (Wildman–Crippen LogP) is 3.72. The Bertz CT molecular complexity index is 1030. The second-order valence-electron chi connectivity index (χ2n) is 9.80. The second kappa shape index (κ2) is 12.4. The number of nitrogens with one attached hydrogen (secondary N) is 2. The summed E-state index contributed by atoms with van der Waals surface area (Å²) in [6.07, 6.45) is 7.91.